The predicted octanol–water partition coefficient (Wildman–Crippen LogP) is 6.27. The van der Waals surface area contributed by atoms with Crippen molar-refractivity contribution < 1.29 is 19.4 Å². The number of nitrogens with zero attached hydrogens (tertiary/aromatic N) is 5. The molecule has 0 aliphatic carbocycles. The molecule has 2 saturated heterocycles. The number of hydrogen-bond acceptors (Lipinski definition) is 6. The fourth-order valence-electron chi connectivity index (χ4n) is 5.70. The Kier molecular flexibility index (Phi) is 8.03. The van der Waals surface area contributed by atoms with Crippen LogP contribution in [-0.2, 0) is 6.54 Å². The van der Waals surface area contributed by atoms with Gasteiger partial charge in [0.1, 0.15) is 5.75 Å². The van der Waals surface area contributed by atoms with Gasteiger partial charge in [0.15, 0.2) is 0 Å². The lowest BCUT2D eigenvalue weighted by Crippen LogP contribution is -2.47. The van der Waals surface area contributed by atoms with Crippen LogP contribution in [0.25, 0.3) is 0 Å². The fraction of sp³-hybridized carbons (Fsp3) is 0.250. The molecule has 2 amide bonds. The average molecular weight is 584 g/mol. The van der Waals surface area contributed by atoms with E-state index in [1.807, 2.05) is 58.3 Å². The highest BCUT2D eigenvalue weighted by molar-refractivity contribution is 6.30. The van der Waals surface area contributed by atoms with Crippen LogP contribution in [0.5, 0.6) is 11.6 Å². The molecule has 2 fully saturated rings. The normalized spacial score (nSPS) is 17.9. The minimum Gasteiger partial charge on any atom is -0.478 e. The predicted molar refractivity (Wildman–Crippen MR) is 159 cm³/mol. The van der Waals surface area contributed by atoms with Crippen LogP contribution < -0.4 is 9.64 Å². The second-order valence-corrected chi connectivity index (χ2v) is 11.0. The Morgan fingerprint density at radius 2 is 1.81 bits per heavy atom. The number of carboxylic acid groups (broad SMARTS) is 1. The number of halogens is 1. The number of anilines is 1. The SMILES string of the molecule is O=C(O)c1ccc(Oc2ccc(CN3CCC(N4C(=O)N(c5cccnc5)C[C@H]4c4cccc(Cl)c4)CC3)cn2)cc1. The highest BCUT2D eigenvalue weighted by Crippen LogP contribution is 2.37. The van der Waals surface area contributed by atoms with Crippen molar-refractivity contribution in [2.75, 3.05) is 24.5 Å². The number of amides is 2. The van der Waals surface area contributed by atoms with Gasteiger partial charge in [-0.2, -0.15) is 0 Å². The van der Waals surface area contributed by atoms with E-state index in [9.17, 15) is 9.59 Å². The molecule has 2 aliphatic heterocycles. The quantitative estimate of drug-likeness (QED) is 0.261. The van der Waals surface area contributed by atoms with E-state index < -0.39 is 5.97 Å². The zero-order valence-electron chi connectivity index (χ0n) is 22.8. The summed E-state index contributed by atoms with van der Waals surface area (Å²) in [6.07, 6.45) is 6.98. The number of carbonyl (C=O) groups excluding carboxylic acids is 1. The highest BCUT2D eigenvalue weighted by Gasteiger charge is 2.43. The number of aromatic carboxylic acids is 1. The van der Waals surface area contributed by atoms with Crippen LogP contribution in [-0.4, -0.2) is 62.6 Å². The van der Waals surface area contributed by atoms with Crippen molar-refractivity contribution >= 4 is 29.3 Å². The van der Waals surface area contributed by atoms with Crippen LogP contribution in [0.4, 0.5) is 10.5 Å². The Morgan fingerprint density at radius 3 is 2.48 bits per heavy atom. The number of rotatable bonds is 8. The van der Waals surface area contributed by atoms with E-state index in [0.29, 0.717) is 23.2 Å². The monoisotopic (exact) mass is 583 g/mol. The van der Waals surface area contributed by atoms with Crippen molar-refractivity contribution in [2.45, 2.75) is 31.5 Å². The first-order chi connectivity index (χ1) is 20.4. The van der Waals surface area contributed by atoms with Gasteiger partial charge >= 0.3 is 12.0 Å². The minimum absolute atomic E-state index is 0.00353. The van der Waals surface area contributed by atoms with Gasteiger partial charge in [-0.15, -0.1) is 0 Å². The average Bonchev–Trinajstić information content (AvgIpc) is 3.36. The number of pyridine rings is 2. The summed E-state index contributed by atoms with van der Waals surface area (Å²) in [4.78, 5) is 39.7. The molecule has 2 aromatic carbocycles. The number of carboxylic acids is 1. The molecule has 4 aromatic rings. The zero-order valence-corrected chi connectivity index (χ0v) is 23.6. The smallest absolute Gasteiger partial charge is 0.335 e. The van der Waals surface area contributed by atoms with Gasteiger partial charge in [-0.1, -0.05) is 29.8 Å². The number of carbonyl (C=O) groups is 2. The van der Waals surface area contributed by atoms with Crippen molar-refractivity contribution in [1.29, 1.82) is 0 Å². The number of aromatic nitrogens is 2. The number of hydrogen-bond donors (Lipinski definition) is 1. The second-order valence-electron chi connectivity index (χ2n) is 10.5. The lowest BCUT2D eigenvalue weighted by Gasteiger charge is -2.39. The Balaban J connectivity index is 1.09. The molecule has 0 radical (unpaired) electrons. The first kappa shape index (κ1) is 27.7. The van der Waals surface area contributed by atoms with E-state index in [1.54, 1.807) is 30.7 Å². The number of likely N-dealkylation sites (tertiary alicyclic amines) is 1. The van der Waals surface area contributed by atoms with Crippen molar-refractivity contribution in [3.05, 3.63) is 113 Å². The summed E-state index contributed by atoms with van der Waals surface area (Å²) in [5.74, 6) is -0.0111. The van der Waals surface area contributed by atoms with E-state index in [1.165, 1.54) is 12.1 Å². The Labute approximate surface area is 248 Å². The largest absolute Gasteiger partial charge is 0.478 e. The number of benzene rings is 2. The molecule has 0 unspecified atom stereocenters. The van der Waals surface area contributed by atoms with Crippen molar-refractivity contribution in [3.8, 4) is 11.6 Å². The molecule has 214 valence electrons. The molecular weight excluding hydrogens is 554 g/mol. The van der Waals surface area contributed by atoms with Crippen LogP contribution >= 0.6 is 11.6 Å². The summed E-state index contributed by atoms with van der Waals surface area (Å²) >= 11 is 6.34. The summed E-state index contributed by atoms with van der Waals surface area (Å²) in [7, 11) is 0. The van der Waals surface area contributed by atoms with E-state index in [2.05, 4.69) is 14.9 Å². The topological polar surface area (TPSA) is 99.1 Å². The van der Waals surface area contributed by atoms with Crippen molar-refractivity contribution in [2.24, 2.45) is 0 Å². The van der Waals surface area contributed by atoms with Crippen molar-refractivity contribution in [3.63, 3.8) is 0 Å². The van der Waals surface area contributed by atoms with Gasteiger partial charge in [0, 0.05) is 49.2 Å². The number of urea groups is 1. The Hall–Kier alpha value is -4.47. The summed E-state index contributed by atoms with van der Waals surface area (Å²) in [6.45, 7) is 3.02. The lowest BCUT2D eigenvalue weighted by atomic mass is 9.99. The third-order valence-corrected chi connectivity index (χ3v) is 8.05. The van der Waals surface area contributed by atoms with Gasteiger partial charge < -0.3 is 14.7 Å². The molecule has 1 N–H and O–H groups in total. The van der Waals surface area contributed by atoms with E-state index in [0.717, 1.165) is 49.3 Å². The van der Waals surface area contributed by atoms with Crippen LogP contribution in [0.15, 0.2) is 91.4 Å². The van der Waals surface area contributed by atoms with E-state index in [-0.39, 0.29) is 23.7 Å². The lowest BCUT2D eigenvalue weighted by molar-refractivity contribution is 0.0697. The summed E-state index contributed by atoms with van der Waals surface area (Å²) < 4.78 is 5.76. The van der Waals surface area contributed by atoms with Gasteiger partial charge in [0.05, 0.1) is 30.0 Å². The molecular formula is C32H30ClN5O4. The number of piperidine rings is 1. The maximum atomic E-state index is 13.8. The fourth-order valence-corrected chi connectivity index (χ4v) is 5.90. The molecule has 10 heteroatoms. The molecule has 4 heterocycles. The minimum atomic E-state index is -0.979. The van der Waals surface area contributed by atoms with Crippen LogP contribution in [0.3, 0.4) is 0 Å². The molecule has 2 aliphatic rings. The van der Waals surface area contributed by atoms with Gasteiger partial charge in [0.2, 0.25) is 5.88 Å². The third kappa shape index (κ3) is 6.07. The van der Waals surface area contributed by atoms with Gasteiger partial charge in [-0.25, -0.2) is 14.6 Å². The van der Waals surface area contributed by atoms with E-state index in [4.69, 9.17) is 21.4 Å². The van der Waals surface area contributed by atoms with Gasteiger partial charge in [-0.05, 0) is 72.5 Å². The summed E-state index contributed by atoms with van der Waals surface area (Å²) in [5, 5.41) is 9.71. The maximum absolute atomic E-state index is 13.8. The Bertz CT molecular complexity index is 1540. The van der Waals surface area contributed by atoms with Crippen LogP contribution in [0, 0.1) is 0 Å². The van der Waals surface area contributed by atoms with Crippen LogP contribution in [0.2, 0.25) is 5.02 Å². The van der Waals surface area contributed by atoms with Gasteiger partial charge in [0.25, 0.3) is 0 Å². The summed E-state index contributed by atoms with van der Waals surface area (Å²) in [6, 6.07) is 21.6. The first-order valence-electron chi connectivity index (χ1n) is 13.9. The molecule has 2 aromatic heterocycles. The third-order valence-electron chi connectivity index (χ3n) is 7.81. The number of ether oxygens (including phenoxy) is 1. The molecule has 0 saturated carbocycles. The molecule has 0 spiro atoms. The van der Waals surface area contributed by atoms with Gasteiger partial charge in [-0.3, -0.25) is 14.8 Å². The highest BCUT2D eigenvalue weighted by atomic mass is 35.5. The zero-order chi connectivity index (χ0) is 29.1. The van der Waals surface area contributed by atoms with Crippen LogP contribution in [0.1, 0.15) is 40.4 Å². The molecule has 9 nitrogen and oxygen atoms in total. The Morgan fingerprint density at radius 1 is 1.00 bits per heavy atom. The standard InChI is InChI=1S/C32H30ClN5O4/c33-25-4-1-3-24(17-25)29-21-37(27-5-2-14-34-19-27)32(41)38(29)26-12-15-36(16-13-26)20-22-6-11-30(35-18-22)42-28-9-7-23(8-10-28)31(39)40/h1-11,14,17-19,26,29H,12-13,15-16,20-21H2,(H,39,40)/t29-/m0/s1. The second kappa shape index (κ2) is 12.2. The van der Waals surface area contributed by atoms with E-state index >= 15 is 0 Å². The molecule has 1 atom stereocenters. The summed E-state index contributed by atoms with van der Waals surface area (Å²) in [5.41, 5.74) is 3.11. The first-order valence-corrected chi connectivity index (χ1v) is 14.3. The molecule has 42 heavy (non-hydrogen) atoms. The molecule has 6 rings (SSSR count). The van der Waals surface area contributed by atoms with Crippen molar-refractivity contribution in [1.82, 2.24) is 19.8 Å². The maximum Gasteiger partial charge on any atom is 0.335 e. The molecule has 0 bridgehead atoms.